The van der Waals surface area contributed by atoms with E-state index < -0.39 is 10.3 Å². The molecule has 0 radical (unpaired) electrons. The number of alkyl halides is 2. The third kappa shape index (κ3) is 2.52. The number of hydrogen-bond acceptors (Lipinski definition) is 1. The molecule has 1 aliphatic carbocycles. The Hall–Kier alpha value is 1.05. The molecule has 0 heterocycles. The molecule has 66 valence electrons. The summed E-state index contributed by atoms with van der Waals surface area (Å²) in [6.07, 6.45) is 3.78. The second-order valence-electron chi connectivity index (χ2n) is 2.88. The minimum atomic E-state index is -0.751. The quantitative estimate of drug-likeness (QED) is 0.582. The fourth-order valence-corrected chi connectivity index (χ4v) is 2.59. The van der Waals surface area contributed by atoms with Gasteiger partial charge in [-0.25, -0.2) is 0 Å². The first-order chi connectivity index (χ1) is 5.07. The molecule has 12 heavy (non-hydrogen) atoms. The van der Waals surface area contributed by atoms with E-state index in [0.717, 1.165) is 25.7 Å². The fourth-order valence-electron chi connectivity index (χ4n) is 1.33. The molecule has 1 rings (SSSR count). The van der Waals surface area contributed by atoms with Gasteiger partial charge in [-0.15, -0.1) is 0 Å². The maximum atomic E-state index is 10.8. The SMILES string of the molecule is O=C(O)C1(Br)CCCCC1Br.[Zn]. The van der Waals surface area contributed by atoms with Crippen molar-refractivity contribution in [1.82, 2.24) is 0 Å². The van der Waals surface area contributed by atoms with Crippen LogP contribution >= 0.6 is 31.9 Å². The normalized spacial score (nSPS) is 35.3. The Labute approximate surface area is 101 Å². The van der Waals surface area contributed by atoms with Crippen LogP contribution < -0.4 is 0 Å². The maximum Gasteiger partial charge on any atom is 0.321 e. The number of hydrogen-bond donors (Lipinski definition) is 1. The van der Waals surface area contributed by atoms with E-state index in [2.05, 4.69) is 31.9 Å². The summed E-state index contributed by atoms with van der Waals surface area (Å²) < 4.78 is -0.717. The second-order valence-corrected chi connectivity index (χ2v) is 5.40. The minimum Gasteiger partial charge on any atom is -0.480 e. The van der Waals surface area contributed by atoms with Crippen molar-refractivity contribution in [3.8, 4) is 0 Å². The van der Waals surface area contributed by atoms with E-state index in [1.54, 1.807) is 0 Å². The molecule has 0 amide bonds. The topological polar surface area (TPSA) is 37.3 Å². The number of halogens is 2. The van der Waals surface area contributed by atoms with Crippen molar-refractivity contribution >= 4 is 37.8 Å². The van der Waals surface area contributed by atoms with Crippen molar-refractivity contribution in [1.29, 1.82) is 0 Å². The van der Waals surface area contributed by atoms with E-state index in [1.165, 1.54) is 0 Å². The molecule has 0 aromatic carbocycles. The molecule has 1 saturated carbocycles. The molecule has 1 N–H and O–H groups in total. The Kier molecular flexibility index (Phi) is 5.51. The summed E-state index contributed by atoms with van der Waals surface area (Å²) in [6, 6.07) is 0. The number of carbonyl (C=O) groups is 1. The summed E-state index contributed by atoms with van der Waals surface area (Å²) in [7, 11) is 0. The van der Waals surface area contributed by atoms with Crippen LogP contribution in [0.2, 0.25) is 0 Å². The van der Waals surface area contributed by atoms with E-state index in [4.69, 9.17) is 5.11 Å². The molecule has 0 bridgehead atoms. The molecule has 5 heteroatoms. The van der Waals surface area contributed by atoms with E-state index in [1.807, 2.05) is 0 Å². The number of carboxylic acids is 1. The zero-order valence-corrected chi connectivity index (χ0v) is 12.9. The van der Waals surface area contributed by atoms with Gasteiger partial charge in [0.25, 0.3) is 0 Å². The van der Waals surface area contributed by atoms with Gasteiger partial charge in [0.1, 0.15) is 4.32 Å². The molecule has 1 fully saturated rings. The molecule has 0 aromatic rings. The van der Waals surface area contributed by atoms with Crippen LogP contribution in [0.4, 0.5) is 0 Å². The van der Waals surface area contributed by atoms with Crippen molar-refractivity contribution in [3.05, 3.63) is 0 Å². The number of rotatable bonds is 1. The average Bonchev–Trinajstić information content (AvgIpc) is 1.95. The maximum absolute atomic E-state index is 10.8. The molecule has 2 unspecified atom stereocenters. The fraction of sp³-hybridized carbons (Fsp3) is 0.857. The van der Waals surface area contributed by atoms with Crippen LogP contribution in [-0.2, 0) is 24.3 Å². The zero-order chi connectivity index (χ0) is 8.48. The van der Waals surface area contributed by atoms with Crippen molar-refractivity contribution in [2.75, 3.05) is 0 Å². The van der Waals surface area contributed by atoms with Gasteiger partial charge >= 0.3 is 5.97 Å². The van der Waals surface area contributed by atoms with Crippen LogP contribution in [0.3, 0.4) is 0 Å². The van der Waals surface area contributed by atoms with Crippen LogP contribution in [0, 0.1) is 0 Å². The Morgan fingerprint density at radius 3 is 2.42 bits per heavy atom. The van der Waals surface area contributed by atoms with Crippen molar-refractivity contribution < 1.29 is 29.4 Å². The third-order valence-electron chi connectivity index (χ3n) is 2.10. The smallest absolute Gasteiger partial charge is 0.321 e. The van der Waals surface area contributed by atoms with E-state index >= 15 is 0 Å². The van der Waals surface area contributed by atoms with Crippen LogP contribution in [0.1, 0.15) is 25.7 Å². The Morgan fingerprint density at radius 1 is 1.50 bits per heavy atom. The van der Waals surface area contributed by atoms with Gasteiger partial charge in [-0.1, -0.05) is 44.7 Å². The Morgan fingerprint density at radius 2 is 2.08 bits per heavy atom. The summed E-state index contributed by atoms with van der Waals surface area (Å²) in [6.45, 7) is 0. The van der Waals surface area contributed by atoms with Crippen LogP contribution in [0.15, 0.2) is 0 Å². The summed E-state index contributed by atoms with van der Waals surface area (Å²) in [5, 5.41) is 8.89. The standard InChI is InChI=1S/C7H10Br2O2.Zn/c8-5-3-1-2-4-7(5,9)6(10)11;/h5H,1-4H2,(H,10,11);. The van der Waals surface area contributed by atoms with Crippen LogP contribution in [-0.4, -0.2) is 20.2 Å². The molecule has 0 spiro atoms. The van der Waals surface area contributed by atoms with Crippen molar-refractivity contribution in [3.63, 3.8) is 0 Å². The first kappa shape index (κ1) is 13.1. The van der Waals surface area contributed by atoms with Crippen LogP contribution in [0.5, 0.6) is 0 Å². The van der Waals surface area contributed by atoms with Gasteiger partial charge in [0, 0.05) is 24.3 Å². The number of aliphatic carboxylic acids is 1. The first-order valence-electron chi connectivity index (χ1n) is 3.64. The Balaban J connectivity index is 0.00000121. The molecule has 0 aromatic heterocycles. The van der Waals surface area contributed by atoms with E-state index in [-0.39, 0.29) is 24.3 Å². The van der Waals surface area contributed by atoms with Gasteiger partial charge in [-0.2, -0.15) is 0 Å². The van der Waals surface area contributed by atoms with Gasteiger partial charge in [0.2, 0.25) is 0 Å². The summed E-state index contributed by atoms with van der Waals surface area (Å²) in [5.41, 5.74) is 0. The summed E-state index contributed by atoms with van der Waals surface area (Å²) in [4.78, 5) is 10.9. The van der Waals surface area contributed by atoms with Gasteiger partial charge in [-0.05, 0) is 12.8 Å². The molecule has 2 nitrogen and oxygen atoms in total. The molecular weight excluding hydrogens is 341 g/mol. The average molecular weight is 351 g/mol. The predicted octanol–water partition coefficient (Wildman–Crippen LogP) is 2.54. The van der Waals surface area contributed by atoms with Crippen molar-refractivity contribution in [2.24, 2.45) is 0 Å². The van der Waals surface area contributed by atoms with Crippen molar-refractivity contribution in [2.45, 2.75) is 34.8 Å². The summed E-state index contributed by atoms with van der Waals surface area (Å²) >= 11 is 6.66. The third-order valence-corrected chi connectivity index (χ3v) is 5.24. The molecule has 0 aliphatic heterocycles. The minimum absolute atomic E-state index is 0. The van der Waals surface area contributed by atoms with Gasteiger partial charge in [-0.3, -0.25) is 4.79 Å². The van der Waals surface area contributed by atoms with Crippen LogP contribution in [0.25, 0.3) is 0 Å². The Bertz CT molecular complexity index is 177. The molecule has 1 aliphatic rings. The van der Waals surface area contributed by atoms with Gasteiger partial charge in [0.15, 0.2) is 0 Å². The summed E-state index contributed by atoms with van der Waals surface area (Å²) in [5.74, 6) is -0.751. The largest absolute Gasteiger partial charge is 0.480 e. The van der Waals surface area contributed by atoms with Gasteiger partial charge in [0.05, 0.1) is 0 Å². The monoisotopic (exact) mass is 348 g/mol. The van der Waals surface area contributed by atoms with E-state index in [0.29, 0.717) is 0 Å². The molecule has 2 atom stereocenters. The first-order valence-corrected chi connectivity index (χ1v) is 5.34. The second kappa shape index (κ2) is 5.06. The predicted molar refractivity (Wildman–Crippen MR) is 50.5 cm³/mol. The van der Waals surface area contributed by atoms with Gasteiger partial charge < -0.3 is 5.11 Å². The number of carboxylic acid groups (broad SMARTS) is 1. The van der Waals surface area contributed by atoms with E-state index in [9.17, 15) is 4.79 Å². The molecular formula is C7H10Br2O2Zn. The zero-order valence-electron chi connectivity index (χ0n) is 6.72. The molecule has 0 saturated heterocycles.